The molecule has 1 fully saturated rings. The van der Waals surface area contributed by atoms with Gasteiger partial charge in [0.1, 0.15) is 5.51 Å². The summed E-state index contributed by atoms with van der Waals surface area (Å²) >= 11 is 1.28. The molecular formula is C13H22N6O2S. The van der Waals surface area contributed by atoms with Crippen LogP contribution in [-0.4, -0.2) is 70.6 Å². The van der Waals surface area contributed by atoms with E-state index in [1.165, 1.54) is 11.3 Å². The van der Waals surface area contributed by atoms with E-state index in [9.17, 15) is 9.59 Å². The van der Waals surface area contributed by atoms with Crippen LogP contribution in [0.15, 0.2) is 5.51 Å². The molecule has 0 radical (unpaired) electrons. The minimum absolute atomic E-state index is 0.00652. The highest BCUT2D eigenvalue weighted by atomic mass is 32.1. The summed E-state index contributed by atoms with van der Waals surface area (Å²) in [5, 5.41) is 10.6. The maximum atomic E-state index is 12.2. The fourth-order valence-electron chi connectivity index (χ4n) is 2.21. The van der Waals surface area contributed by atoms with E-state index in [4.69, 9.17) is 5.73 Å². The molecule has 3 N–H and O–H groups in total. The van der Waals surface area contributed by atoms with Crippen LogP contribution in [0.2, 0.25) is 0 Å². The van der Waals surface area contributed by atoms with E-state index in [-0.39, 0.29) is 24.3 Å². The lowest BCUT2D eigenvalue weighted by atomic mass is 10.0. The zero-order valence-corrected chi connectivity index (χ0v) is 13.7. The fraction of sp³-hybridized carbons (Fsp3) is 0.692. The Bertz CT molecular complexity index is 499. The second kappa shape index (κ2) is 7.61. The number of carbonyl (C=O) groups is 2. The van der Waals surface area contributed by atoms with Crippen molar-refractivity contribution < 1.29 is 9.59 Å². The van der Waals surface area contributed by atoms with Crippen LogP contribution in [0.4, 0.5) is 5.13 Å². The molecule has 2 heterocycles. The van der Waals surface area contributed by atoms with E-state index in [0.29, 0.717) is 31.3 Å². The van der Waals surface area contributed by atoms with E-state index >= 15 is 0 Å². The predicted octanol–water partition coefficient (Wildman–Crippen LogP) is -0.396. The Labute approximate surface area is 133 Å². The smallest absolute Gasteiger partial charge is 0.240 e. The summed E-state index contributed by atoms with van der Waals surface area (Å²) in [4.78, 5) is 27.8. The first-order valence-corrected chi connectivity index (χ1v) is 8.18. The second-order valence-electron chi connectivity index (χ2n) is 5.66. The van der Waals surface area contributed by atoms with Gasteiger partial charge in [-0.2, -0.15) is 0 Å². The number of carbonyl (C=O) groups excluding carboxylic acids is 2. The van der Waals surface area contributed by atoms with Crippen molar-refractivity contribution in [3.8, 4) is 0 Å². The number of nitrogens with zero attached hydrogens (tertiary/aromatic N) is 4. The van der Waals surface area contributed by atoms with Gasteiger partial charge in [0.2, 0.25) is 16.9 Å². The van der Waals surface area contributed by atoms with Crippen molar-refractivity contribution in [2.75, 3.05) is 38.0 Å². The highest BCUT2D eigenvalue weighted by Gasteiger charge is 2.27. The summed E-state index contributed by atoms with van der Waals surface area (Å²) in [6.07, 6.45) is 0. The average molecular weight is 326 g/mol. The molecule has 1 atom stereocenters. The van der Waals surface area contributed by atoms with E-state index in [1.54, 1.807) is 10.4 Å². The molecule has 0 spiro atoms. The molecule has 1 aromatic rings. The molecule has 9 heteroatoms. The summed E-state index contributed by atoms with van der Waals surface area (Å²) in [5.41, 5.74) is 7.47. The van der Waals surface area contributed by atoms with E-state index in [2.05, 4.69) is 15.5 Å². The highest BCUT2D eigenvalue weighted by molar-refractivity contribution is 7.13. The van der Waals surface area contributed by atoms with Crippen LogP contribution in [0.3, 0.4) is 0 Å². The molecule has 22 heavy (non-hydrogen) atoms. The summed E-state index contributed by atoms with van der Waals surface area (Å²) in [6, 6.07) is -0.452. The number of piperazine rings is 1. The topological polar surface area (TPSA) is 104 Å². The third-order valence-electron chi connectivity index (χ3n) is 3.66. The summed E-state index contributed by atoms with van der Waals surface area (Å²) in [5.74, 6) is 0.00609. The quantitative estimate of drug-likeness (QED) is 0.763. The zero-order valence-electron chi connectivity index (χ0n) is 12.9. The van der Waals surface area contributed by atoms with Gasteiger partial charge in [-0.05, 0) is 5.92 Å². The van der Waals surface area contributed by atoms with Gasteiger partial charge in [-0.25, -0.2) is 0 Å². The maximum Gasteiger partial charge on any atom is 0.240 e. The van der Waals surface area contributed by atoms with Gasteiger partial charge in [-0.15, -0.1) is 10.2 Å². The van der Waals surface area contributed by atoms with Crippen molar-refractivity contribution in [3.63, 3.8) is 0 Å². The number of anilines is 1. The molecule has 1 aliphatic rings. The van der Waals surface area contributed by atoms with Crippen molar-refractivity contribution in [2.45, 2.75) is 19.9 Å². The number of hydrogen-bond donors (Lipinski definition) is 2. The Morgan fingerprint density at radius 2 is 2.05 bits per heavy atom. The maximum absolute atomic E-state index is 12.2. The van der Waals surface area contributed by atoms with Crippen molar-refractivity contribution in [1.29, 1.82) is 0 Å². The Morgan fingerprint density at radius 3 is 2.59 bits per heavy atom. The van der Waals surface area contributed by atoms with Crippen LogP contribution in [0.1, 0.15) is 13.8 Å². The Hall–Kier alpha value is -1.58. The standard InChI is InChI=1S/C13H22N6O2S/c1-9(2)11(14)12(21)19-5-3-18(4-6-19)7-10(20)16-13-17-15-8-22-13/h8-9,11H,3-7,14H2,1-2H3,(H,16,17,20)/t11-/m0/s1. The molecule has 1 saturated heterocycles. The minimum Gasteiger partial charge on any atom is -0.339 e. The van der Waals surface area contributed by atoms with Gasteiger partial charge in [0.05, 0.1) is 12.6 Å². The third kappa shape index (κ3) is 4.46. The third-order valence-corrected chi connectivity index (χ3v) is 4.27. The molecule has 0 aliphatic carbocycles. The highest BCUT2D eigenvalue weighted by Crippen LogP contribution is 2.10. The van der Waals surface area contributed by atoms with Crippen LogP contribution in [0.5, 0.6) is 0 Å². The SMILES string of the molecule is CC(C)[C@H](N)C(=O)N1CCN(CC(=O)Nc2nncs2)CC1. The second-order valence-corrected chi connectivity index (χ2v) is 6.50. The Kier molecular flexibility index (Phi) is 5.81. The number of aromatic nitrogens is 2. The first-order chi connectivity index (χ1) is 10.5. The molecule has 8 nitrogen and oxygen atoms in total. The molecule has 122 valence electrons. The Balaban J connectivity index is 1.75. The lowest BCUT2D eigenvalue weighted by Gasteiger charge is -2.36. The van der Waals surface area contributed by atoms with Crippen molar-refractivity contribution in [1.82, 2.24) is 20.0 Å². The average Bonchev–Trinajstić information content (AvgIpc) is 2.99. The van der Waals surface area contributed by atoms with Crippen LogP contribution in [-0.2, 0) is 9.59 Å². The molecular weight excluding hydrogens is 304 g/mol. The first kappa shape index (κ1) is 16.8. The number of nitrogens with one attached hydrogen (secondary N) is 1. The van der Waals surface area contributed by atoms with E-state index in [1.807, 2.05) is 18.7 Å². The Morgan fingerprint density at radius 1 is 1.36 bits per heavy atom. The largest absolute Gasteiger partial charge is 0.339 e. The summed E-state index contributed by atoms with van der Waals surface area (Å²) in [6.45, 7) is 6.71. The fourth-order valence-corrected chi connectivity index (χ4v) is 2.67. The normalized spacial score (nSPS) is 17.5. The summed E-state index contributed by atoms with van der Waals surface area (Å²) < 4.78 is 0. The molecule has 0 unspecified atom stereocenters. The number of nitrogens with two attached hydrogens (primary N) is 1. The van der Waals surface area contributed by atoms with Gasteiger partial charge in [0, 0.05) is 26.2 Å². The number of amides is 2. The molecule has 0 bridgehead atoms. The van der Waals surface area contributed by atoms with Gasteiger partial charge in [0.25, 0.3) is 0 Å². The van der Waals surface area contributed by atoms with Crippen LogP contribution < -0.4 is 11.1 Å². The van der Waals surface area contributed by atoms with Crippen molar-refractivity contribution >= 4 is 28.3 Å². The molecule has 1 aromatic heterocycles. The van der Waals surface area contributed by atoms with Gasteiger partial charge in [-0.3, -0.25) is 19.8 Å². The molecule has 1 aliphatic heterocycles. The van der Waals surface area contributed by atoms with Crippen LogP contribution in [0, 0.1) is 5.92 Å². The monoisotopic (exact) mass is 326 g/mol. The van der Waals surface area contributed by atoms with Gasteiger partial charge >= 0.3 is 0 Å². The lowest BCUT2D eigenvalue weighted by Crippen LogP contribution is -2.55. The molecule has 0 aromatic carbocycles. The lowest BCUT2D eigenvalue weighted by molar-refractivity contribution is -0.135. The minimum atomic E-state index is -0.452. The van der Waals surface area contributed by atoms with Crippen LogP contribution in [0.25, 0.3) is 0 Å². The number of rotatable bonds is 5. The molecule has 2 rings (SSSR count). The van der Waals surface area contributed by atoms with Gasteiger partial charge in [-0.1, -0.05) is 25.2 Å². The van der Waals surface area contributed by atoms with Crippen molar-refractivity contribution in [3.05, 3.63) is 5.51 Å². The zero-order chi connectivity index (χ0) is 16.1. The summed E-state index contributed by atoms with van der Waals surface area (Å²) in [7, 11) is 0. The predicted molar refractivity (Wildman–Crippen MR) is 84.4 cm³/mol. The van der Waals surface area contributed by atoms with Crippen LogP contribution >= 0.6 is 11.3 Å². The van der Waals surface area contributed by atoms with Gasteiger partial charge < -0.3 is 10.6 Å². The van der Waals surface area contributed by atoms with Gasteiger partial charge in [0.15, 0.2) is 0 Å². The molecule has 2 amide bonds. The van der Waals surface area contributed by atoms with Crippen molar-refractivity contribution in [2.24, 2.45) is 11.7 Å². The van der Waals surface area contributed by atoms with E-state index in [0.717, 1.165) is 0 Å². The first-order valence-electron chi connectivity index (χ1n) is 7.30. The van der Waals surface area contributed by atoms with E-state index < -0.39 is 6.04 Å². The number of hydrogen-bond acceptors (Lipinski definition) is 7. The molecule has 0 saturated carbocycles.